The van der Waals surface area contributed by atoms with Crippen molar-refractivity contribution in [2.24, 2.45) is 0 Å². The number of carbonyl (C=O) groups is 2. The summed E-state index contributed by atoms with van der Waals surface area (Å²) in [7, 11) is 0. The van der Waals surface area contributed by atoms with E-state index in [2.05, 4.69) is 15.7 Å². The number of hydrogen-bond acceptors (Lipinski definition) is 5. The van der Waals surface area contributed by atoms with Crippen LogP contribution in [0.25, 0.3) is 0 Å². The molecule has 2 aromatic carbocycles. The summed E-state index contributed by atoms with van der Waals surface area (Å²) in [6, 6.07) is 13.6. The van der Waals surface area contributed by atoms with E-state index in [0.29, 0.717) is 34.7 Å². The molecule has 1 aromatic heterocycles. The van der Waals surface area contributed by atoms with Crippen molar-refractivity contribution in [1.29, 1.82) is 0 Å². The number of amides is 2. The van der Waals surface area contributed by atoms with Crippen LogP contribution in [0.4, 0.5) is 11.4 Å². The highest BCUT2D eigenvalue weighted by Crippen LogP contribution is 2.22. The zero-order valence-corrected chi connectivity index (χ0v) is 19.3. The molecule has 0 bridgehead atoms. The number of benzene rings is 2. The average Bonchev–Trinajstić information content (AvgIpc) is 3.00. The summed E-state index contributed by atoms with van der Waals surface area (Å²) in [4.78, 5) is 35.5. The van der Waals surface area contributed by atoms with Gasteiger partial charge in [-0.25, -0.2) is 0 Å². The minimum Gasteiger partial charge on any atom is -0.347 e. The number of nitrogens with one attached hydrogen (secondary N) is 2. The second-order valence-electron chi connectivity index (χ2n) is 8.87. The fraction of sp³-hybridized carbons (Fsp3) is 0.292. The third-order valence-corrected chi connectivity index (χ3v) is 4.97. The van der Waals surface area contributed by atoms with Crippen LogP contribution in [-0.2, 0) is 6.54 Å². The monoisotopic (exact) mass is 449 g/mol. The molecule has 0 saturated carbocycles. The molecule has 0 spiro atoms. The second-order valence-corrected chi connectivity index (χ2v) is 8.87. The van der Waals surface area contributed by atoms with Gasteiger partial charge in [-0.3, -0.25) is 24.4 Å². The molecule has 33 heavy (non-hydrogen) atoms. The Morgan fingerprint density at radius 3 is 2.03 bits per heavy atom. The molecule has 0 aliphatic heterocycles. The van der Waals surface area contributed by atoms with Gasteiger partial charge < -0.3 is 10.6 Å². The number of carbonyl (C=O) groups excluding carboxylic acids is 2. The molecule has 0 unspecified atom stereocenters. The van der Waals surface area contributed by atoms with Crippen LogP contribution in [0.5, 0.6) is 0 Å². The standard InChI is InChI=1S/C24H27N5O4/c1-15-21(29(32)33)16(2)28(27-15)14-17-6-8-18(9-7-17)22(30)25-20-12-10-19(11-13-20)23(31)26-24(3,4)5/h6-13H,14H2,1-5H3,(H,25,30)(H,26,31). The highest BCUT2D eigenvalue weighted by Gasteiger charge is 2.21. The Bertz CT molecular complexity index is 1190. The van der Waals surface area contributed by atoms with Gasteiger partial charge in [-0.2, -0.15) is 5.10 Å². The Morgan fingerprint density at radius 1 is 0.970 bits per heavy atom. The first kappa shape index (κ1) is 23.6. The smallest absolute Gasteiger partial charge is 0.312 e. The first-order chi connectivity index (χ1) is 15.4. The summed E-state index contributed by atoms with van der Waals surface area (Å²) >= 11 is 0. The van der Waals surface area contributed by atoms with Crippen LogP contribution in [0.2, 0.25) is 0 Å². The van der Waals surface area contributed by atoms with Gasteiger partial charge in [0.05, 0.1) is 11.5 Å². The summed E-state index contributed by atoms with van der Waals surface area (Å²) < 4.78 is 1.58. The number of nitrogens with zero attached hydrogens (tertiary/aromatic N) is 3. The van der Waals surface area contributed by atoms with E-state index in [9.17, 15) is 19.7 Å². The van der Waals surface area contributed by atoms with Gasteiger partial charge in [-0.05, 0) is 76.6 Å². The van der Waals surface area contributed by atoms with Gasteiger partial charge in [0, 0.05) is 22.4 Å². The Morgan fingerprint density at radius 2 is 1.52 bits per heavy atom. The van der Waals surface area contributed by atoms with Crippen LogP contribution in [-0.4, -0.2) is 32.1 Å². The summed E-state index contributed by atoms with van der Waals surface area (Å²) in [6.07, 6.45) is 0. The molecule has 0 saturated heterocycles. The third-order valence-electron chi connectivity index (χ3n) is 4.97. The van der Waals surface area contributed by atoms with Crippen LogP contribution >= 0.6 is 0 Å². The van der Waals surface area contributed by atoms with Crippen LogP contribution in [0.3, 0.4) is 0 Å². The molecular weight excluding hydrogens is 422 g/mol. The summed E-state index contributed by atoms with van der Waals surface area (Å²) in [5.74, 6) is -0.459. The normalized spacial score (nSPS) is 11.2. The first-order valence-corrected chi connectivity index (χ1v) is 10.5. The number of aryl methyl sites for hydroxylation is 1. The van der Waals surface area contributed by atoms with Gasteiger partial charge in [0.25, 0.3) is 11.8 Å². The lowest BCUT2D eigenvalue weighted by molar-refractivity contribution is -0.386. The highest BCUT2D eigenvalue weighted by atomic mass is 16.6. The Kier molecular flexibility index (Phi) is 6.62. The van der Waals surface area contributed by atoms with Crippen molar-refractivity contribution in [2.45, 2.75) is 46.7 Å². The molecule has 0 atom stereocenters. The number of anilines is 1. The van der Waals surface area contributed by atoms with Crippen molar-refractivity contribution in [1.82, 2.24) is 15.1 Å². The maximum atomic E-state index is 12.6. The van der Waals surface area contributed by atoms with E-state index in [-0.39, 0.29) is 23.0 Å². The number of hydrogen-bond donors (Lipinski definition) is 2. The van der Waals surface area contributed by atoms with Gasteiger partial charge in [-0.1, -0.05) is 12.1 Å². The zero-order valence-electron chi connectivity index (χ0n) is 19.3. The van der Waals surface area contributed by atoms with Crippen LogP contribution < -0.4 is 10.6 Å². The molecule has 0 fully saturated rings. The van der Waals surface area contributed by atoms with Gasteiger partial charge in [-0.15, -0.1) is 0 Å². The maximum Gasteiger partial charge on any atom is 0.312 e. The average molecular weight is 450 g/mol. The maximum absolute atomic E-state index is 12.6. The van der Waals surface area contributed by atoms with E-state index >= 15 is 0 Å². The Balaban J connectivity index is 1.64. The number of rotatable bonds is 6. The van der Waals surface area contributed by atoms with E-state index in [1.54, 1.807) is 67.1 Å². The molecule has 0 aliphatic rings. The molecule has 0 radical (unpaired) electrons. The lowest BCUT2D eigenvalue weighted by Gasteiger charge is -2.20. The number of aromatic nitrogens is 2. The van der Waals surface area contributed by atoms with Crippen LogP contribution in [0.15, 0.2) is 48.5 Å². The molecule has 2 amide bonds. The quantitative estimate of drug-likeness (QED) is 0.431. The molecule has 9 nitrogen and oxygen atoms in total. The van der Waals surface area contributed by atoms with Crippen molar-refractivity contribution >= 4 is 23.2 Å². The molecule has 3 aromatic rings. The van der Waals surface area contributed by atoms with E-state index in [1.807, 2.05) is 20.8 Å². The largest absolute Gasteiger partial charge is 0.347 e. The minimum atomic E-state index is -0.425. The molecular formula is C24H27N5O4. The van der Waals surface area contributed by atoms with Crippen molar-refractivity contribution in [3.63, 3.8) is 0 Å². The molecule has 3 rings (SSSR count). The van der Waals surface area contributed by atoms with Crippen LogP contribution in [0.1, 0.15) is 58.4 Å². The summed E-state index contributed by atoms with van der Waals surface area (Å²) in [6.45, 7) is 9.36. The highest BCUT2D eigenvalue weighted by molar-refractivity contribution is 6.04. The zero-order chi connectivity index (χ0) is 24.3. The van der Waals surface area contributed by atoms with Gasteiger partial charge in [0.2, 0.25) is 0 Å². The van der Waals surface area contributed by atoms with Crippen molar-refractivity contribution in [2.75, 3.05) is 5.32 Å². The van der Waals surface area contributed by atoms with Gasteiger partial charge in [0.15, 0.2) is 0 Å². The molecule has 1 heterocycles. The summed E-state index contributed by atoms with van der Waals surface area (Å²) in [5, 5.41) is 21.1. The SMILES string of the molecule is Cc1nn(Cc2ccc(C(=O)Nc3ccc(C(=O)NC(C)(C)C)cc3)cc2)c(C)c1[N+](=O)[O-]. The molecule has 0 aliphatic carbocycles. The van der Waals surface area contributed by atoms with E-state index in [1.165, 1.54) is 0 Å². The first-order valence-electron chi connectivity index (χ1n) is 10.5. The lowest BCUT2D eigenvalue weighted by atomic mass is 10.1. The second kappa shape index (κ2) is 9.23. The predicted molar refractivity (Wildman–Crippen MR) is 126 cm³/mol. The number of nitro groups is 1. The fourth-order valence-corrected chi connectivity index (χ4v) is 3.36. The minimum absolute atomic E-state index is 0.0212. The van der Waals surface area contributed by atoms with E-state index in [0.717, 1.165) is 5.56 Å². The molecule has 2 N–H and O–H groups in total. The van der Waals surface area contributed by atoms with Crippen molar-refractivity contribution in [3.05, 3.63) is 86.7 Å². The Hall–Kier alpha value is -4.01. The van der Waals surface area contributed by atoms with Gasteiger partial charge in [0.1, 0.15) is 11.4 Å². The Labute approximate surface area is 192 Å². The molecule has 9 heteroatoms. The van der Waals surface area contributed by atoms with Crippen molar-refractivity contribution < 1.29 is 14.5 Å². The van der Waals surface area contributed by atoms with Crippen LogP contribution in [0, 0.1) is 24.0 Å². The fourth-order valence-electron chi connectivity index (χ4n) is 3.36. The predicted octanol–water partition coefficient (Wildman–Crippen LogP) is 4.24. The summed E-state index contributed by atoms with van der Waals surface area (Å²) in [5.41, 5.74) is 2.96. The van der Waals surface area contributed by atoms with Crippen molar-refractivity contribution in [3.8, 4) is 0 Å². The van der Waals surface area contributed by atoms with Gasteiger partial charge >= 0.3 is 5.69 Å². The van der Waals surface area contributed by atoms with E-state index in [4.69, 9.17) is 0 Å². The lowest BCUT2D eigenvalue weighted by Crippen LogP contribution is -2.40. The third kappa shape index (κ3) is 5.82. The molecule has 172 valence electrons. The van der Waals surface area contributed by atoms with E-state index < -0.39 is 4.92 Å². The topological polar surface area (TPSA) is 119 Å².